The van der Waals surface area contributed by atoms with E-state index in [1.165, 1.54) is 16.3 Å². The molecule has 1 aliphatic rings. The van der Waals surface area contributed by atoms with Gasteiger partial charge in [-0.25, -0.2) is 0 Å². The maximum absolute atomic E-state index is 3.48. The lowest BCUT2D eigenvalue weighted by Gasteiger charge is -2.33. The van der Waals surface area contributed by atoms with Gasteiger partial charge in [-0.1, -0.05) is 42.5 Å². The topological polar surface area (TPSA) is 15.3 Å². The van der Waals surface area contributed by atoms with E-state index in [2.05, 4.69) is 59.7 Å². The number of hydrogen-bond acceptors (Lipinski definition) is 2. The maximum atomic E-state index is 3.48. The van der Waals surface area contributed by atoms with Crippen LogP contribution < -0.4 is 5.32 Å². The zero-order valence-electron chi connectivity index (χ0n) is 10.9. The summed E-state index contributed by atoms with van der Waals surface area (Å²) in [5, 5.41) is 6.16. The van der Waals surface area contributed by atoms with Crippen LogP contribution in [-0.4, -0.2) is 37.6 Å². The SMILES string of the molecule is CN1CCNCC1Cc1ccc2ccccc2c1. The highest BCUT2D eigenvalue weighted by Crippen LogP contribution is 2.17. The molecule has 0 aliphatic carbocycles. The normalized spacial score (nSPS) is 21.3. The van der Waals surface area contributed by atoms with Gasteiger partial charge in [0.2, 0.25) is 0 Å². The van der Waals surface area contributed by atoms with Crippen LogP contribution >= 0.6 is 0 Å². The molecule has 2 aromatic rings. The Bertz CT molecular complexity index is 535. The van der Waals surface area contributed by atoms with Crippen molar-refractivity contribution in [3.8, 4) is 0 Å². The number of benzene rings is 2. The van der Waals surface area contributed by atoms with Gasteiger partial charge >= 0.3 is 0 Å². The average molecular weight is 240 g/mol. The number of likely N-dealkylation sites (N-methyl/N-ethyl adjacent to an activating group) is 1. The van der Waals surface area contributed by atoms with E-state index in [0.29, 0.717) is 6.04 Å². The highest BCUT2D eigenvalue weighted by atomic mass is 15.2. The fourth-order valence-electron chi connectivity index (χ4n) is 2.73. The minimum atomic E-state index is 0.625. The molecule has 94 valence electrons. The van der Waals surface area contributed by atoms with Crippen molar-refractivity contribution in [2.75, 3.05) is 26.7 Å². The Morgan fingerprint density at radius 1 is 1.17 bits per heavy atom. The zero-order chi connectivity index (χ0) is 12.4. The third-order valence-corrected chi connectivity index (χ3v) is 3.93. The van der Waals surface area contributed by atoms with Crippen molar-refractivity contribution in [1.82, 2.24) is 10.2 Å². The first-order valence-electron chi connectivity index (χ1n) is 6.71. The first-order valence-corrected chi connectivity index (χ1v) is 6.71. The van der Waals surface area contributed by atoms with Crippen LogP contribution in [0.4, 0.5) is 0 Å². The molecule has 2 nitrogen and oxygen atoms in total. The van der Waals surface area contributed by atoms with Crippen LogP contribution in [-0.2, 0) is 6.42 Å². The van der Waals surface area contributed by atoms with Gasteiger partial charge in [0.25, 0.3) is 0 Å². The van der Waals surface area contributed by atoms with Crippen molar-refractivity contribution in [2.45, 2.75) is 12.5 Å². The fraction of sp³-hybridized carbons (Fsp3) is 0.375. The predicted octanol–water partition coefficient (Wildman–Crippen LogP) is 2.29. The lowest BCUT2D eigenvalue weighted by atomic mass is 10.00. The molecule has 3 rings (SSSR count). The van der Waals surface area contributed by atoms with Crippen molar-refractivity contribution in [1.29, 1.82) is 0 Å². The Kier molecular flexibility index (Phi) is 3.31. The molecule has 2 heteroatoms. The summed E-state index contributed by atoms with van der Waals surface area (Å²) in [5.74, 6) is 0. The Balaban J connectivity index is 1.81. The second kappa shape index (κ2) is 5.09. The quantitative estimate of drug-likeness (QED) is 0.866. The molecule has 18 heavy (non-hydrogen) atoms. The van der Waals surface area contributed by atoms with Crippen LogP contribution in [0.15, 0.2) is 42.5 Å². The first-order chi connectivity index (χ1) is 8.83. The van der Waals surface area contributed by atoms with Gasteiger partial charge in [-0.3, -0.25) is 0 Å². The molecule has 1 atom stereocenters. The molecule has 1 unspecified atom stereocenters. The molecule has 0 saturated carbocycles. The van der Waals surface area contributed by atoms with Crippen LogP contribution in [0, 0.1) is 0 Å². The van der Waals surface area contributed by atoms with Crippen molar-refractivity contribution < 1.29 is 0 Å². The largest absolute Gasteiger partial charge is 0.314 e. The first kappa shape index (κ1) is 11.7. The van der Waals surface area contributed by atoms with E-state index >= 15 is 0 Å². The van der Waals surface area contributed by atoms with Crippen LogP contribution in [0.1, 0.15) is 5.56 Å². The molecular weight excluding hydrogens is 220 g/mol. The molecule has 1 saturated heterocycles. The van der Waals surface area contributed by atoms with Crippen LogP contribution in [0.25, 0.3) is 10.8 Å². The van der Waals surface area contributed by atoms with Gasteiger partial charge in [-0.05, 0) is 29.8 Å². The van der Waals surface area contributed by atoms with Gasteiger partial charge in [0.1, 0.15) is 0 Å². The molecule has 0 spiro atoms. The molecule has 1 N–H and O–H groups in total. The highest BCUT2D eigenvalue weighted by Gasteiger charge is 2.18. The van der Waals surface area contributed by atoms with Gasteiger partial charge in [0, 0.05) is 25.7 Å². The summed E-state index contributed by atoms with van der Waals surface area (Å²) in [6.45, 7) is 3.37. The Labute approximate surface area is 109 Å². The van der Waals surface area contributed by atoms with Gasteiger partial charge in [0.15, 0.2) is 0 Å². The summed E-state index contributed by atoms with van der Waals surface area (Å²) >= 11 is 0. The van der Waals surface area contributed by atoms with Gasteiger partial charge < -0.3 is 10.2 Å². The van der Waals surface area contributed by atoms with E-state index < -0.39 is 0 Å². The third kappa shape index (κ3) is 2.40. The molecule has 1 fully saturated rings. The van der Waals surface area contributed by atoms with E-state index in [-0.39, 0.29) is 0 Å². The number of nitrogens with one attached hydrogen (secondary N) is 1. The molecule has 1 heterocycles. The van der Waals surface area contributed by atoms with Crippen LogP contribution in [0.2, 0.25) is 0 Å². The minimum absolute atomic E-state index is 0.625. The lowest BCUT2D eigenvalue weighted by Crippen LogP contribution is -2.50. The highest BCUT2D eigenvalue weighted by molar-refractivity contribution is 5.82. The van der Waals surface area contributed by atoms with Crippen LogP contribution in [0.5, 0.6) is 0 Å². The summed E-state index contributed by atoms with van der Waals surface area (Å²) in [5.41, 5.74) is 1.44. The predicted molar refractivity (Wildman–Crippen MR) is 76.9 cm³/mol. The fourth-order valence-corrected chi connectivity index (χ4v) is 2.73. The van der Waals surface area contributed by atoms with Crippen molar-refractivity contribution in [3.05, 3.63) is 48.0 Å². The molecule has 0 aromatic heterocycles. The summed E-state index contributed by atoms with van der Waals surface area (Å²) in [6.07, 6.45) is 1.13. The minimum Gasteiger partial charge on any atom is -0.314 e. The Morgan fingerprint density at radius 3 is 2.83 bits per heavy atom. The molecule has 1 aliphatic heterocycles. The van der Waals surface area contributed by atoms with Crippen LogP contribution in [0.3, 0.4) is 0 Å². The molecule has 2 aromatic carbocycles. The average Bonchev–Trinajstić information content (AvgIpc) is 2.41. The number of nitrogens with zero attached hydrogens (tertiary/aromatic N) is 1. The van der Waals surface area contributed by atoms with Gasteiger partial charge in [-0.15, -0.1) is 0 Å². The van der Waals surface area contributed by atoms with Gasteiger partial charge in [-0.2, -0.15) is 0 Å². The van der Waals surface area contributed by atoms with Crippen molar-refractivity contribution >= 4 is 10.8 Å². The van der Waals surface area contributed by atoms with Crippen molar-refractivity contribution in [3.63, 3.8) is 0 Å². The van der Waals surface area contributed by atoms with E-state index in [1.54, 1.807) is 0 Å². The maximum Gasteiger partial charge on any atom is 0.0258 e. The van der Waals surface area contributed by atoms with E-state index in [0.717, 1.165) is 26.1 Å². The summed E-state index contributed by atoms with van der Waals surface area (Å²) in [6, 6.07) is 16.0. The van der Waals surface area contributed by atoms with Crippen molar-refractivity contribution in [2.24, 2.45) is 0 Å². The monoisotopic (exact) mass is 240 g/mol. The third-order valence-electron chi connectivity index (χ3n) is 3.93. The number of rotatable bonds is 2. The standard InChI is InChI=1S/C16H20N2/c1-18-9-8-17-12-16(18)11-13-6-7-14-4-2-3-5-15(14)10-13/h2-7,10,16-17H,8-9,11-12H2,1H3. The Morgan fingerprint density at radius 2 is 2.00 bits per heavy atom. The number of fused-ring (bicyclic) bond motifs is 1. The molecule has 0 amide bonds. The summed E-state index contributed by atoms with van der Waals surface area (Å²) < 4.78 is 0. The van der Waals surface area contributed by atoms with E-state index in [9.17, 15) is 0 Å². The smallest absolute Gasteiger partial charge is 0.0258 e. The number of hydrogen-bond donors (Lipinski definition) is 1. The molecular formula is C16H20N2. The molecule has 0 radical (unpaired) electrons. The summed E-state index contributed by atoms with van der Waals surface area (Å²) in [7, 11) is 2.23. The number of piperazine rings is 1. The van der Waals surface area contributed by atoms with E-state index in [1.807, 2.05) is 0 Å². The van der Waals surface area contributed by atoms with Gasteiger partial charge in [0.05, 0.1) is 0 Å². The lowest BCUT2D eigenvalue weighted by molar-refractivity contribution is 0.199. The molecule has 0 bridgehead atoms. The Hall–Kier alpha value is -1.38. The second-order valence-electron chi connectivity index (χ2n) is 5.22. The summed E-state index contributed by atoms with van der Waals surface area (Å²) in [4.78, 5) is 2.46. The second-order valence-corrected chi connectivity index (χ2v) is 5.22. The zero-order valence-corrected chi connectivity index (χ0v) is 10.9. The van der Waals surface area contributed by atoms with E-state index in [4.69, 9.17) is 0 Å².